The van der Waals surface area contributed by atoms with Crippen molar-refractivity contribution in [3.05, 3.63) is 34.3 Å². The number of alkyl halides is 3. The number of halogens is 4. The summed E-state index contributed by atoms with van der Waals surface area (Å²) in [6.45, 7) is 2.55. The number of benzene rings is 1. The quantitative estimate of drug-likeness (QED) is 0.737. The SMILES string of the molecule is C[C@]1(CCC(=O)N2CCC(c3ccc(Cl)c(C(F)(F)F)c3)CC2)CC(=O)NC1=O. The fourth-order valence-corrected chi connectivity index (χ4v) is 4.20. The molecular weight excluding hydrogens is 409 g/mol. The van der Waals surface area contributed by atoms with Gasteiger partial charge in [-0.05, 0) is 42.9 Å². The highest BCUT2D eigenvalue weighted by Gasteiger charge is 2.42. The van der Waals surface area contributed by atoms with Gasteiger partial charge in [-0.3, -0.25) is 19.7 Å². The van der Waals surface area contributed by atoms with Gasteiger partial charge in [0.05, 0.1) is 16.0 Å². The minimum Gasteiger partial charge on any atom is -0.343 e. The molecule has 1 aromatic carbocycles. The van der Waals surface area contributed by atoms with Gasteiger partial charge in [0.25, 0.3) is 0 Å². The molecule has 5 nitrogen and oxygen atoms in total. The van der Waals surface area contributed by atoms with E-state index in [1.54, 1.807) is 17.9 Å². The van der Waals surface area contributed by atoms with Crippen molar-refractivity contribution >= 4 is 29.3 Å². The summed E-state index contributed by atoms with van der Waals surface area (Å²) in [6, 6.07) is 3.98. The molecule has 158 valence electrons. The van der Waals surface area contributed by atoms with Crippen LogP contribution >= 0.6 is 11.6 Å². The Hall–Kier alpha value is -2.09. The van der Waals surface area contributed by atoms with Gasteiger partial charge in [-0.2, -0.15) is 13.2 Å². The summed E-state index contributed by atoms with van der Waals surface area (Å²) in [5, 5.41) is 1.94. The highest BCUT2D eigenvalue weighted by atomic mass is 35.5. The predicted molar refractivity (Wildman–Crippen MR) is 100 cm³/mol. The lowest BCUT2D eigenvalue weighted by atomic mass is 9.83. The van der Waals surface area contributed by atoms with E-state index in [4.69, 9.17) is 11.6 Å². The molecule has 1 atom stereocenters. The van der Waals surface area contributed by atoms with Crippen LogP contribution < -0.4 is 5.32 Å². The number of hydrogen-bond acceptors (Lipinski definition) is 3. The Morgan fingerprint density at radius 1 is 1.28 bits per heavy atom. The number of rotatable bonds is 4. The van der Waals surface area contributed by atoms with Gasteiger partial charge in [0.2, 0.25) is 17.7 Å². The first-order valence-electron chi connectivity index (χ1n) is 9.48. The topological polar surface area (TPSA) is 66.5 Å². The normalized spacial score (nSPS) is 23.4. The minimum absolute atomic E-state index is 0.0758. The molecule has 2 aliphatic heterocycles. The van der Waals surface area contributed by atoms with Gasteiger partial charge >= 0.3 is 6.18 Å². The maximum atomic E-state index is 13.1. The van der Waals surface area contributed by atoms with Crippen molar-refractivity contribution in [2.75, 3.05) is 13.1 Å². The van der Waals surface area contributed by atoms with Crippen molar-refractivity contribution in [2.45, 2.75) is 51.1 Å². The van der Waals surface area contributed by atoms with E-state index in [0.717, 1.165) is 6.07 Å². The third-order valence-corrected chi connectivity index (χ3v) is 6.19. The molecule has 3 rings (SSSR count). The number of carbonyl (C=O) groups excluding carboxylic acids is 3. The van der Waals surface area contributed by atoms with Crippen molar-refractivity contribution in [2.24, 2.45) is 5.41 Å². The Kier molecular flexibility index (Phi) is 5.94. The first-order chi connectivity index (χ1) is 13.5. The molecule has 2 heterocycles. The maximum Gasteiger partial charge on any atom is 0.417 e. The van der Waals surface area contributed by atoms with Crippen LogP contribution in [0.25, 0.3) is 0 Å². The second kappa shape index (κ2) is 7.97. The zero-order chi connectivity index (χ0) is 21.4. The number of amides is 3. The van der Waals surface area contributed by atoms with Crippen LogP contribution in [0.3, 0.4) is 0 Å². The molecular formula is C20H22ClF3N2O3. The van der Waals surface area contributed by atoms with E-state index in [9.17, 15) is 27.6 Å². The number of imide groups is 1. The molecule has 0 saturated carbocycles. The standard InChI is InChI=1S/C20H22ClF3N2O3/c1-19(11-16(27)25-18(19)29)7-4-17(28)26-8-5-12(6-9-26)13-2-3-15(21)14(10-13)20(22,23)24/h2-3,10,12H,4-9,11H2,1H3,(H,25,27,29)/t19-/m0/s1. The molecule has 0 bridgehead atoms. The molecule has 2 aliphatic rings. The van der Waals surface area contributed by atoms with Crippen molar-refractivity contribution in [3.63, 3.8) is 0 Å². The van der Waals surface area contributed by atoms with Crippen molar-refractivity contribution < 1.29 is 27.6 Å². The second-order valence-electron chi connectivity index (χ2n) is 8.01. The monoisotopic (exact) mass is 430 g/mol. The third kappa shape index (κ3) is 4.74. The Balaban J connectivity index is 1.56. The van der Waals surface area contributed by atoms with Crippen LogP contribution in [0.2, 0.25) is 5.02 Å². The van der Waals surface area contributed by atoms with Gasteiger partial charge in [-0.1, -0.05) is 24.6 Å². The van der Waals surface area contributed by atoms with E-state index in [1.807, 2.05) is 0 Å². The molecule has 0 radical (unpaired) electrons. The zero-order valence-corrected chi connectivity index (χ0v) is 16.7. The molecule has 0 unspecified atom stereocenters. The molecule has 0 aliphatic carbocycles. The van der Waals surface area contributed by atoms with Crippen molar-refractivity contribution in [1.29, 1.82) is 0 Å². The van der Waals surface area contributed by atoms with Crippen molar-refractivity contribution in [3.8, 4) is 0 Å². The molecule has 1 N–H and O–H groups in total. The van der Waals surface area contributed by atoms with E-state index in [1.165, 1.54) is 6.07 Å². The average Bonchev–Trinajstić information content (AvgIpc) is 2.91. The number of carbonyl (C=O) groups is 3. The van der Waals surface area contributed by atoms with Gasteiger partial charge in [-0.25, -0.2) is 0 Å². The van der Waals surface area contributed by atoms with Gasteiger partial charge < -0.3 is 4.90 Å². The predicted octanol–water partition coefficient (Wildman–Crippen LogP) is 3.90. The van der Waals surface area contributed by atoms with E-state index >= 15 is 0 Å². The van der Waals surface area contributed by atoms with Crippen LogP contribution in [0.5, 0.6) is 0 Å². The van der Waals surface area contributed by atoms with Crippen LogP contribution in [0.1, 0.15) is 56.1 Å². The summed E-state index contributed by atoms with van der Waals surface area (Å²) in [5.74, 6) is -0.860. The Morgan fingerprint density at radius 2 is 1.93 bits per heavy atom. The van der Waals surface area contributed by atoms with E-state index in [0.29, 0.717) is 31.5 Å². The summed E-state index contributed by atoms with van der Waals surface area (Å²) in [6.07, 6.45) is -2.87. The molecule has 1 aromatic rings. The van der Waals surface area contributed by atoms with Crippen LogP contribution in [-0.2, 0) is 20.6 Å². The van der Waals surface area contributed by atoms with E-state index in [2.05, 4.69) is 5.32 Å². The summed E-state index contributed by atoms with van der Waals surface area (Å²) in [5.41, 5.74) is -1.13. The molecule has 2 fully saturated rings. The fourth-order valence-electron chi connectivity index (χ4n) is 3.98. The Labute approximate surface area is 171 Å². The number of likely N-dealkylation sites (tertiary alicyclic amines) is 1. The smallest absolute Gasteiger partial charge is 0.343 e. The third-order valence-electron chi connectivity index (χ3n) is 5.86. The first kappa shape index (κ1) is 21.6. The first-order valence-corrected chi connectivity index (χ1v) is 9.86. The number of hydrogen-bond donors (Lipinski definition) is 1. The lowest BCUT2D eigenvalue weighted by molar-refractivity contribution is -0.137. The average molecular weight is 431 g/mol. The Bertz CT molecular complexity index is 835. The molecule has 29 heavy (non-hydrogen) atoms. The molecule has 0 aromatic heterocycles. The van der Waals surface area contributed by atoms with Gasteiger partial charge in [0.1, 0.15) is 0 Å². The van der Waals surface area contributed by atoms with Crippen LogP contribution in [0.4, 0.5) is 13.2 Å². The van der Waals surface area contributed by atoms with E-state index < -0.39 is 17.2 Å². The van der Waals surface area contributed by atoms with Crippen molar-refractivity contribution in [1.82, 2.24) is 10.2 Å². The summed E-state index contributed by atoms with van der Waals surface area (Å²) in [4.78, 5) is 37.4. The zero-order valence-electron chi connectivity index (χ0n) is 15.9. The summed E-state index contributed by atoms with van der Waals surface area (Å²) in [7, 11) is 0. The van der Waals surface area contributed by atoms with Crippen LogP contribution in [0.15, 0.2) is 18.2 Å². The van der Waals surface area contributed by atoms with Crippen LogP contribution in [0, 0.1) is 5.41 Å². The van der Waals surface area contributed by atoms with E-state index in [-0.39, 0.29) is 47.9 Å². The lowest BCUT2D eigenvalue weighted by Crippen LogP contribution is -2.39. The fraction of sp³-hybridized carbons (Fsp3) is 0.550. The highest BCUT2D eigenvalue weighted by molar-refractivity contribution is 6.31. The minimum atomic E-state index is -4.51. The summed E-state index contributed by atoms with van der Waals surface area (Å²) < 4.78 is 39.2. The molecule has 0 spiro atoms. The number of piperidine rings is 1. The van der Waals surface area contributed by atoms with Crippen LogP contribution in [-0.4, -0.2) is 35.7 Å². The molecule has 9 heteroatoms. The molecule has 2 saturated heterocycles. The number of nitrogens with one attached hydrogen (secondary N) is 1. The summed E-state index contributed by atoms with van der Waals surface area (Å²) >= 11 is 5.68. The molecule has 3 amide bonds. The maximum absolute atomic E-state index is 13.1. The van der Waals surface area contributed by atoms with Gasteiger partial charge in [0, 0.05) is 25.9 Å². The van der Waals surface area contributed by atoms with Gasteiger partial charge in [-0.15, -0.1) is 0 Å². The largest absolute Gasteiger partial charge is 0.417 e. The number of nitrogens with zero attached hydrogens (tertiary/aromatic N) is 1. The highest BCUT2D eigenvalue weighted by Crippen LogP contribution is 2.38. The second-order valence-corrected chi connectivity index (χ2v) is 8.41. The Morgan fingerprint density at radius 3 is 2.48 bits per heavy atom. The van der Waals surface area contributed by atoms with Gasteiger partial charge in [0.15, 0.2) is 0 Å². The lowest BCUT2D eigenvalue weighted by Gasteiger charge is -2.33.